The van der Waals surface area contributed by atoms with E-state index in [4.69, 9.17) is 11.6 Å². The van der Waals surface area contributed by atoms with E-state index < -0.39 is 28.6 Å². The van der Waals surface area contributed by atoms with Crippen molar-refractivity contribution in [3.63, 3.8) is 0 Å². The average molecular weight is 433 g/mol. The van der Waals surface area contributed by atoms with E-state index in [2.05, 4.69) is 5.32 Å². The second-order valence-corrected chi connectivity index (χ2v) is 6.77. The van der Waals surface area contributed by atoms with Gasteiger partial charge in [0, 0.05) is 11.4 Å². The fraction of sp³-hybridized carbons (Fsp3) is 0.0909. The minimum atomic E-state index is -4.69. The zero-order valence-electron chi connectivity index (χ0n) is 15.5. The molecule has 3 rings (SSSR count). The number of nitrogens with zero attached hydrogens (tertiary/aromatic N) is 1. The molecule has 8 heteroatoms. The number of anilines is 2. The van der Waals surface area contributed by atoms with Gasteiger partial charge < -0.3 is 5.32 Å². The molecule has 0 radical (unpaired) electrons. The summed E-state index contributed by atoms with van der Waals surface area (Å²) in [6.07, 6.45) is -4.69. The van der Waals surface area contributed by atoms with E-state index in [0.717, 1.165) is 11.6 Å². The van der Waals surface area contributed by atoms with Gasteiger partial charge in [-0.3, -0.25) is 14.5 Å². The number of nitrogens with one attached hydrogen (secondary N) is 1. The van der Waals surface area contributed by atoms with Crippen molar-refractivity contribution >= 4 is 34.8 Å². The predicted molar refractivity (Wildman–Crippen MR) is 109 cm³/mol. The third-order valence-corrected chi connectivity index (χ3v) is 4.55. The summed E-state index contributed by atoms with van der Waals surface area (Å²) in [6.45, 7) is 0.117. The van der Waals surface area contributed by atoms with E-state index in [1.165, 1.54) is 11.0 Å². The van der Waals surface area contributed by atoms with Crippen molar-refractivity contribution in [1.82, 2.24) is 0 Å². The van der Waals surface area contributed by atoms with Gasteiger partial charge in [0.15, 0.2) is 0 Å². The van der Waals surface area contributed by atoms with Crippen LogP contribution in [-0.4, -0.2) is 11.8 Å². The Labute approximate surface area is 175 Å². The summed E-state index contributed by atoms with van der Waals surface area (Å²) >= 11 is 5.59. The van der Waals surface area contributed by atoms with Crippen LogP contribution in [0.2, 0.25) is 5.02 Å². The Bertz CT molecular complexity index is 1040. The molecule has 2 amide bonds. The fourth-order valence-corrected chi connectivity index (χ4v) is 3.01. The zero-order chi connectivity index (χ0) is 21.7. The number of benzene rings is 3. The highest BCUT2D eigenvalue weighted by Gasteiger charge is 2.34. The van der Waals surface area contributed by atoms with Crippen LogP contribution in [-0.2, 0) is 22.3 Å². The van der Waals surface area contributed by atoms with Gasteiger partial charge in [0.2, 0.25) is 0 Å². The maximum absolute atomic E-state index is 13.0. The lowest BCUT2D eigenvalue weighted by molar-refractivity contribution is -0.137. The standard InChI is InChI=1S/C22H16ClF3N2O2/c23-19-12-11-16(13-18(19)22(24,25)26)27-20(29)21(30)28(17-9-5-2-6-10-17)14-15-7-3-1-4-8-15/h1-13H,14H2,(H,27,29). The van der Waals surface area contributed by atoms with Crippen molar-refractivity contribution in [1.29, 1.82) is 0 Å². The molecule has 0 spiro atoms. The normalized spacial score (nSPS) is 11.1. The molecule has 0 atom stereocenters. The van der Waals surface area contributed by atoms with Gasteiger partial charge in [0.1, 0.15) is 0 Å². The summed E-state index contributed by atoms with van der Waals surface area (Å²) in [5.74, 6) is -1.97. The molecular formula is C22H16ClF3N2O2. The molecule has 0 saturated carbocycles. The summed E-state index contributed by atoms with van der Waals surface area (Å²) in [5, 5.41) is 1.73. The molecule has 0 aliphatic heterocycles. The van der Waals surface area contributed by atoms with Gasteiger partial charge in [-0.15, -0.1) is 0 Å². The SMILES string of the molecule is O=C(Nc1ccc(Cl)c(C(F)(F)F)c1)C(=O)N(Cc1ccccc1)c1ccccc1. The lowest BCUT2D eigenvalue weighted by Crippen LogP contribution is -2.39. The number of rotatable bonds is 4. The van der Waals surface area contributed by atoms with Crippen LogP contribution in [0.3, 0.4) is 0 Å². The third kappa shape index (κ3) is 5.18. The fourth-order valence-electron chi connectivity index (χ4n) is 2.78. The van der Waals surface area contributed by atoms with E-state index in [9.17, 15) is 22.8 Å². The van der Waals surface area contributed by atoms with Crippen LogP contribution in [0.4, 0.5) is 24.5 Å². The van der Waals surface area contributed by atoms with Crippen LogP contribution in [0.5, 0.6) is 0 Å². The average Bonchev–Trinajstić information content (AvgIpc) is 2.73. The Balaban J connectivity index is 1.85. The van der Waals surface area contributed by atoms with Gasteiger partial charge >= 0.3 is 18.0 Å². The predicted octanol–water partition coefficient (Wildman–Crippen LogP) is 5.53. The van der Waals surface area contributed by atoms with E-state index in [0.29, 0.717) is 11.8 Å². The van der Waals surface area contributed by atoms with Crippen LogP contribution in [0.1, 0.15) is 11.1 Å². The molecule has 3 aromatic carbocycles. The first-order valence-corrected chi connectivity index (χ1v) is 9.22. The Morgan fingerprint density at radius 3 is 2.10 bits per heavy atom. The van der Waals surface area contributed by atoms with Gasteiger partial charge in [-0.1, -0.05) is 60.1 Å². The number of halogens is 4. The van der Waals surface area contributed by atoms with E-state index in [1.54, 1.807) is 54.6 Å². The Kier molecular flexibility index (Phi) is 6.42. The maximum Gasteiger partial charge on any atom is 0.417 e. The summed E-state index contributed by atoms with van der Waals surface area (Å²) in [7, 11) is 0. The highest BCUT2D eigenvalue weighted by molar-refractivity contribution is 6.44. The second-order valence-electron chi connectivity index (χ2n) is 6.36. The topological polar surface area (TPSA) is 49.4 Å². The summed E-state index contributed by atoms with van der Waals surface area (Å²) in [6, 6.07) is 20.5. The van der Waals surface area contributed by atoms with Gasteiger partial charge in [0.25, 0.3) is 0 Å². The molecule has 4 nitrogen and oxygen atoms in total. The number of hydrogen-bond acceptors (Lipinski definition) is 2. The molecule has 0 saturated heterocycles. The van der Waals surface area contributed by atoms with Crippen molar-refractivity contribution in [2.45, 2.75) is 12.7 Å². The smallest absolute Gasteiger partial charge is 0.318 e. The number of carbonyl (C=O) groups is 2. The largest absolute Gasteiger partial charge is 0.417 e. The van der Waals surface area contributed by atoms with Crippen molar-refractivity contribution in [2.75, 3.05) is 10.2 Å². The lowest BCUT2D eigenvalue weighted by atomic mass is 10.1. The molecule has 0 aliphatic rings. The van der Waals surface area contributed by atoms with E-state index in [-0.39, 0.29) is 12.2 Å². The van der Waals surface area contributed by atoms with Gasteiger partial charge in [0.05, 0.1) is 17.1 Å². The molecule has 0 unspecified atom stereocenters. The Hall–Kier alpha value is -3.32. The molecule has 30 heavy (non-hydrogen) atoms. The van der Waals surface area contributed by atoms with E-state index in [1.807, 2.05) is 6.07 Å². The summed E-state index contributed by atoms with van der Waals surface area (Å²) in [5.41, 5.74) is -0.0154. The quantitative estimate of drug-likeness (QED) is 0.551. The van der Waals surface area contributed by atoms with Gasteiger partial charge in [-0.05, 0) is 35.9 Å². The third-order valence-electron chi connectivity index (χ3n) is 4.22. The highest BCUT2D eigenvalue weighted by Crippen LogP contribution is 2.36. The van der Waals surface area contributed by atoms with E-state index >= 15 is 0 Å². The minimum Gasteiger partial charge on any atom is -0.318 e. The van der Waals surface area contributed by atoms with Crippen LogP contribution in [0, 0.1) is 0 Å². The molecule has 3 aromatic rings. The lowest BCUT2D eigenvalue weighted by Gasteiger charge is -2.22. The Morgan fingerprint density at radius 1 is 0.900 bits per heavy atom. The van der Waals surface area contributed by atoms with Crippen LogP contribution in [0.25, 0.3) is 0 Å². The molecule has 0 heterocycles. The number of para-hydroxylation sites is 1. The molecule has 0 bridgehead atoms. The minimum absolute atomic E-state index is 0.117. The number of carbonyl (C=O) groups excluding carboxylic acids is 2. The molecular weight excluding hydrogens is 417 g/mol. The van der Waals surface area contributed by atoms with Crippen molar-refractivity contribution in [3.8, 4) is 0 Å². The molecule has 0 aromatic heterocycles. The van der Waals surface area contributed by atoms with Crippen molar-refractivity contribution in [3.05, 3.63) is 95.0 Å². The summed E-state index contributed by atoms with van der Waals surface area (Å²) in [4.78, 5) is 26.7. The first-order chi connectivity index (χ1) is 14.3. The zero-order valence-corrected chi connectivity index (χ0v) is 16.2. The van der Waals surface area contributed by atoms with Gasteiger partial charge in [-0.25, -0.2) is 0 Å². The maximum atomic E-state index is 13.0. The molecule has 0 fully saturated rings. The van der Waals surface area contributed by atoms with Gasteiger partial charge in [-0.2, -0.15) is 13.2 Å². The first-order valence-electron chi connectivity index (χ1n) is 8.84. The Morgan fingerprint density at radius 2 is 1.50 bits per heavy atom. The second kappa shape index (κ2) is 9.00. The van der Waals surface area contributed by atoms with Crippen molar-refractivity contribution in [2.24, 2.45) is 0 Å². The molecule has 1 N–H and O–H groups in total. The number of amides is 2. The van der Waals surface area contributed by atoms with Crippen LogP contribution >= 0.6 is 11.6 Å². The van der Waals surface area contributed by atoms with Crippen LogP contribution in [0.15, 0.2) is 78.9 Å². The van der Waals surface area contributed by atoms with Crippen molar-refractivity contribution < 1.29 is 22.8 Å². The number of alkyl halides is 3. The highest BCUT2D eigenvalue weighted by atomic mass is 35.5. The number of hydrogen-bond donors (Lipinski definition) is 1. The molecule has 154 valence electrons. The molecule has 0 aliphatic carbocycles. The summed E-state index contributed by atoms with van der Waals surface area (Å²) < 4.78 is 39.1. The monoisotopic (exact) mass is 432 g/mol. The first kappa shape index (κ1) is 21.4. The van der Waals surface area contributed by atoms with Crippen LogP contribution < -0.4 is 10.2 Å².